The topological polar surface area (TPSA) is 71.5 Å². The van der Waals surface area contributed by atoms with E-state index < -0.39 is 12.3 Å². The molecule has 2 aromatic carbocycles. The van der Waals surface area contributed by atoms with Crippen LogP contribution in [-0.4, -0.2) is 22.4 Å². The van der Waals surface area contributed by atoms with Crippen LogP contribution in [0.1, 0.15) is 10.4 Å². The van der Waals surface area contributed by atoms with E-state index >= 15 is 0 Å². The number of hydrogen-bond acceptors (Lipinski definition) is 4. The summed E-state index contributed by atoms with van der Waals surface area (Å²) in [6.07, 6.45) is -4.76. The van der Waals surface area contributed by atoms with Gasteiger partial charge in [0.1, 0.15) is 11.6 Å². The molecule has 128 valence electrons. The Bertz CT molecular complexity index is 925. The van der Waals surface area contributed by atoms with E-state index in [1.54, 1.807) is 24.3 Å². The van der Waals surface area contributed by atoms with Gasteiger partial charge in [-0.05, 0) is 36.4 Å². The molecule has 0 aliphatic heterocycles. The number of nitrogens with one attached hydrogen (secondary N) is 1. The van der Waals surface area contributed by atoms with Crippen LogP contribution in [0.3, 0.4) is 0 Å². The van der Waals surface area contributed by atoms with E-state index in [1.807, 2.05) is 0 Å². The maximum atomic E-state index is 12.2. The number of carbonyl (C=O) groups is 1. The summed E-state index contributed by atoms with van der Waals surface area (Å²) in [6.45, 7) is 0. The third-order valence-corrected chi connectivity index (χ3v) is 3.31. The van der Waals surface area contributed by atoms with Crippen LogP contribution in [0, 0.1) is 0 Å². The van der Waals surface area contributed by atoms with Crippen LogP contribution in [0.2, 0.25) is 0 Å². The van der Waals surface area contributed by atoms with E-state index in [9.17, 15) is 23.1 Å². The highest BCUT2D eigenvalue weighted by atomic mass is 19.4. The van der Waals surface area contributed by atoms with Gasteiger partial charge in [-0.15, -0.1) is 13.2 Å². The van der Waals surface area contributed by atoms with E-state index in [1.165, 1.54) is 18.2 Å². The first-order chi connectivity index (χ1) is 11.8. The van der Waals surface area contributed by atoms with Crippen LogP contribution in [0.4, 0.5) is 24.7 Å². The number of fused-ring (bicyclic) bond motifs is 1. The number of carboxylic acids is 1. The Morgan fingerprint density at radius 3 is 2.40 bits per heavy atom. The summed E-state index contributed by atoms with van der Waals surface area (Å²) in [5, 5.41) is 12.7. The maximum absolute atomic E-state index is 12.2. The van der Waals surface area contributed by atoms with Crippen LogP contribution >= 0.6 is 0 Å². The number of hydrogen-bond donors (Lipinski definition) is 2. The molecule has 0 bridgehead atoms. The highest BCUT2D eigenvalue weighted by molar-refractivity contribution is 6.03. The summed E-state index contributed by atoms with van der Waals surface area (Å²) in [4.78, 5) is 15.7. The highest BCUT2D eigenvalue weighted by Gasteiger charge is 2.30. The predicted octanol–water partition coefficient (Wildman–Crippen LogP) is 4.58. The number of aromatic nitrogens is 1. The quantitative estimate of drug-likeness (QED) is 0.722. The Labute approximate surface area is 139 Å². The van der Waals surface area contributed by atoms with Gasteiger partial charge in [0.2, 0.25) is 0 Å². The molecule has 1 heterocycles. The smallest absolute Gasteiger partial charge is 0.478 e. The van der Waals surface area contributed by atoms with Gasteiger partial charge >= 0.3 is 12.3 Å². The Kier molecular flexibility index (Phi) is 4.18. The number of aromatic carboxylic acids is 1. The lowest BCUT2D eigenvalue weighted by molar-refractivity contribution is -0.274. The van der Waals surface area contributed by atoms with Gasteiger partial charge in [0.05, 0.1) is 11.1 Å². The minimum absolute atomic E-state index is 0.0742. The van der Waals surface area contributed by atoms with Crippen molar-refractivity contribution in [2.24, 2.45) is 0 Å². The number of alkyl halides is 3. The van der Waals surface area contributed by atoms with E-state index in [0.717, 1.165) is 12.1 Å². The third kappa shape index (κ3) is 3.97. The molecule has 0 radical (unpaired) electrons. The number of halogens is 3. The summed E-state index contributed by atoms with van der Waals surface area (Å²) >= 11 is 0. The molecule has 0 fully saturated rings. The van der Waals surface area contributed by atoms with E-state index in [-0.39, 0.29) is 17.1 Å². The number of rotatable bonds is 4. The molecule has 1 aromatic heterocycles. The zero-order chi connectivity index (χ0) is 18.0. The lowest BCUT2D eigenvalue weighted by Gasteiger charge is -2.11. The SMILES string of the molecule is O=C(O)c1cc(Nc2ccc(OC(F)(F)F)cc2)nc2ccccc12. The number of para-hydroxylation sites is 1. The minimum atomic E-state index is -4.76. The molecule has 0 amide bonds. The summed E-state index contributed by atoms with van der Waals surface area (Å²) in [7, 11) is 0. The second-order valence-corrected chi connectivity index (χ2v) is 5.07. The maximum Gasteiger partial charge on any atom is 0.573 e. The molecule has 3 aromatic rings. The molecule has 2 N–H and O–H groups in total. The molecule has 3 rings (SSSR count). The molecule has 25 heavy (non-hydrogen) atoms. The molecule has 8 heteroatoms. The number of benzene rings is 2. The number of nitrogens with zero attached hydrogens (tertiary/aromatic N) is 1. The average molecular weight is 348 g/mol. The Hall–Kier alpha value is -3.29. The van der Waals surface area contributed by atoms with Crippen molar-refractivity contribution in [3.05, 3.63) is 60.2 Å². The van der Waals surface area contributed by atoms with Crippen molar-refractivity contribution in [2.75, 3.05) is 5.32 Å². The third-order valence-electron chi connectivity index (χ3n) is 3.31. The molecule has 0 saturated carbocycles. The molecule has 0 unspecified atom stereocenters. The minimum Gasteiger partial charge on any atom is -0.478 e. The van der Waals surface area contributed by atoms with Crippen LogP contribution < -0.4 is 10.1 Å². The molecule has 0 atom stereocenters. The van der Waals surface area contributed by atoms with Gasteiger partial charge in [0.25, 0.3) is 0 Å². The van der Waals surface area contributed by atoms with Crippen LogP contribution in [-0.2, 0) is 0 Å². The van der Waals surface area contributed by atoms with Crippen LogP contribution in [0.25, 0.3) is 10.9 Å². The van der Waals surface area contributed by atoms with Gasteiger partial charge < -0.3 is 15.2 Å². The summed E-state index contributed by atoms with van der Waals surface area (Å²) in [5.41, 5.74) is 1.00. The largest absolute Gasteiger partial charge is 0.573 e. The van der Waals surface area contributed by atoms with E-state index in [2.05, 4.69) is 15.0 Å². The molecule has 0 saturated heterocycles. The number of carboxylic acid groups (broad SMARTS) is 1. The van der Waals surface area contributed by atoms with Crippen molar-refractivity contribution in [1.82, 2.24) is 4.98 Å². The van der Waals surface area contributed by atoms with Gasteiger partial charge in [-0.3, -0.25) is 0 Å². The molecule has 0 aliphatic carbocycles. The van der Waals surface area contributed by atoms with Crippen LogP contribution in [0.5, 0.6) is 5.75 Å². The lowest BCUT2D eigenvalue weighted by Crippen LogP contribution is -2.16. The fraction of sp³-hybridized carbons (Fsp3) is 0.0588. The predicted molar refractivity (Wildman–Crippen MR) is 85.1 cm³/mol. The second kappa shape index (κ2) is 6.31. The van der Waals surface area contributed by atoms with Crippen molar-refractivity contribution in [3.8, 4) is 5.75 Å². The molecule has 0 aliphatic rings. The van der Waals surface area contributed by atoms with Crippen molar-refractivity contribution in [1.29, 1.82) is 0 Å². The monoisotopic (exact) mass is 348 g/mol. The Morgan fingerprint density at radius 2 is 1.76 bits per heavy atom. The Morgan fingerprint density at radius 1 is 1.08 bits per heavy atom. The van der Waals surface area contributed by atoms with Gasteiger partial charge in [-0.25, -0.2) is 9.78 Å². The van der Waals surface area contributed by atoms with Crippen LogP contribution in [0.15, 0.2) is 54.6 Å². The molecule has 0 spiro atoms. The summed E-state index contributed by atoms with van der Waals surface area (Å²) in [5.74, 6) is -1.19. The number of anilines is 2. The lowest BCUT2D eigenvalue weighted by atomic mass is 10.1. The first-order valence-corrected chi connectivity index (χ1v) is 7.08. The summed E-state index contributed by atoms with van der Waals surface area (Å²) < 4.78 is 40.3. The summed E-state index contributed by atoms with van der Waals surface area (Å²) in [6, 6.07) is 13.2. The van der Waals surface area contributed by atoms with Gasteiger partial charge in [0.15, 0.2) is 0 Å². The fourth-order valence-electron chi connectivity index (χ4n) is 2.30. The standard InChI is InChI=1S/C17H11F3N2O3/c18-17(19,20)25-11-7-5-10(6-8-11)21-15-9-13(16(23)24)12-3-1-2-4-14(12)22-15/h1-9H,(H,21,22)(H,23,24). The molecular weight excluding hydrogens is 337 g/mol. The first kappa shape index (κ1) is 16.6. The van der Waals surface area contributed by atoms with E-state index in [0.29, 0.717) is 16.6 Å². The molecule has 5 nitrogen and oxygen atoms in total. The Balaban J connectivity index is 1.89. The highest BCUT2D eigenvalue weighted by Crippen LogP contribution is 2.26. The molecular formula is C17H11F3N2O3. The average Bonchev–Trinajstić information content (AvgIpc) is 2.54. The zero-order valence-corrected chi connectivity index (χ0v) is 12.5. The van der Waals surface area contributed by atoms with Gasteiger partial charge in [0, 0.05) is 11.1 Å². The zero-order valence-electron chi connectivity index (χ0n) is 12.5. The van der Waals surface area contributed by atoms with Crippen molar-refractivity contribution >= 4 is 28.4 Å². The van der Waals surface area contributed by atoms with Crippen molar-refractivity contribution in [2.45, 2.75) is 6.36 Å². The van der Waals surface area contributed by atoms with Gasteiger partial charge in [-0.1, -0.05) is 18.2 Å². The second-order valence-electron chi connectivity index (χ2n) is 5.07. The van der Waals surface area contributed by atoms with Crippen molar-refractivity contribution < 1.29 is 27.8 Å². The van der Waals surface area contributed by atoms with E-state index in [4.69, 9.17) is 0 Å². The van der Waals surface area contributed by atoms with Gasteiger partial charge in [-0.2, -0.15) is 0 Å². The van der Waals surface area contributed by atoms with Crippen molar-refractivity contribution in [3.63, 3.8) is 0 Å². The normalized spacial score (nSPS) is 11.3. The first-order valence-electron chi connectivity index (χ1n) is 7.08. The number of pyridine rings is 1. The fourth-order valence-corrected chi connectivity index (χ4v) is 2.30. The number of ether oxygens (including phenoxy) is 1.